The number of urea groups is 1. The van der Waals surface area contributed by atoms with Gasteiger partial charge >= 0.3 is 6.03 Å². The summed E-state index contributed by atoms with van der Waals surface area (Å²) in [6.45, 7) is 1.43. The van der Waals surface area contributed by atoms with Gasteiger partial charge in [0.15, 0.2) is 5.78 Å². The molecule has 21 heavy (non-hydrogen) atoms. The number of hydrogen-bond acceptors (Lipinski definition) is 2. The number of hydrogen-bond donors (Lipinski definition) is 2. The average Bonchev–Trinajstić information content (AvgIpc) is 2.43. The minimum Gasteiger partial charge on any atom is -0.308 e. The van der Waals surface area contributed by atoms with Crippen LogP contribution in [0.4, 0.5) is 20.6 Å². The van der Waals surface area contributed by atoms with Crippen molar-refractivity contribution in [3.63, 3.8) is 0 Å². The molecule has 108 valence electrons. The smallest absolute Gasteiger partial charge is 0.308 e. The van der Waals surface area contributed by atoms with Crippen LogP contribution in [0.2, 0.25) is 5.02 Å². The summed E-state index contributed by atoms with van der Waals surface area (Å²) < 4.78 is 13.5. The zero-order valence-corrected chi connectivity index (χ0v) is 11.9. The molecular weight excluding hydrogens is 295 g/mol. The number of amides is 2. The molecule has 2 aromatic rings. The number of halogens is 2. The Kier molecular flexibility index (Phi) is 4.55. The highest BCUT2D eigenvalue weighted by Crippen LogP contribution is 2.20. The summed E-state index contributed by atoms with van der Waals surface area (Å²) in [6, 6.07) is 9.68. The summed E-state index contributed by atoms with van der Waals surface area (Å²) in [6.07, 6.45) is 0. The second-order valence-corrected chi connectivity index (χ2v) is 4.78. The van der Waals surface area contributed by atoms with Crippen LogP contribution in [0.3, 0.4) is 0 Å². The molecule has 0 bridgehead atoms. The third-order valence-electron chi connectivity index (χ3n) is 2.70. The molecule has 0 aliphatic heterocycles. The molecule has 0 unspecified atom stereocenters. The number of rotatable bonds is 3. The van der Waals surface area contributed by atoms with Crippen LogP contribution in [0.5, 0.6) is 0 Å². The molecule has 6 heteroatoms. The number of Topliss-reactive ketones (excluding diaryl/α,β-unsaturated/α-hetero) is 1. The first-order valence-corrected chi connectivity index (χ1v) is 6.47. The Bertz CT molecular complexity index is 704. The van der Waals surface area contributed by atoms with Crippen molar-refractivity contribution in [2.75, 3.05) is 10.6 Å². The number of carbonyl (C=O) groups excluding carboxylic acids is 2. The second-order valence-electron chi connectivity index (χ2n) is 4.34. The maximum absolute atomic E-state index is 13.5. The third-order valence-corrected chi connectivity index (χ3v) is 2.94. The molecule has 0 radical (unpaired) electrons. The van der Waals surface area contributed by atoms with Crippen LogP contribution in [0.15, 0.2) is 42.5 Å². The highest BCUT2D eigenvalue weighted by Gasteiger charge is 2.08. The van der Waals surface area contributed by atoms with E-state index in [1.807, 2.05) is 0 Å². The highest BCUT2D eigenvalue weighted by molar-refractivity contribution is 6.30. The maximum atomic E-state index is 13.5. The van der Waals surface area contributed by atoms with Crippen molar-refractivity contribution in [1.82, 2.24) is 0 Å². The monoisotopic (exact) mass is 306 g/mol. The molecule has 2 rings (SSSR count). The van der Waals surface area contributed by atoms with E-state index in [0.29, 0.717) is 16.3 Å². The van der Waals surface area contributed by atoms with Crippen molar-refractivity contribution in [3.05, 3.63) is 58.9 Å². The fourth-order valence-electron chi connectivity index (χ4n) is 1.69. The highest BCUT2D eigenvalue weighted by atomic mass is 35.5. The van der Waals surface area contributed by atoms with Crippen molar-refractivity contribution in [3.8, 4) is 0 Å². The second kappa shape index (κ2) is 6.37. The lowest BCUT2D eigenvalue weighted by atomic mass is 10.1. The van der Waals surface area contributed by atoms with Crippen LogP contribution in [-0.2, 0) is 0 Å². The normalized spacial score (nSPS) is 10.0. The van der Waals surface area contributed by atoms with Gasteiger partial charge < -0.3 is 10.6 Å². The molecule has 0 aromatic heterocycles. The van der Waals surface area contributed by atoms with E-state index in [-0.39, 0.29) is 11.5 Å². The van der Waals surface area contributed by atoms with E-state index in [2.05, 4.69) is 10.6 Å². The van der Waals surface area contributed by atoms with Crippen molar-refractivity contribution in [2.24, 2.45) is 0 Å². The Labute approximate surface area is 125 Å². The largest absolute Gasteiger partial charge is 0.323 e. The summed E-state index contributed by atoms with van der Waals surface area (Å²) in [7, 11) is 0. The van der Waals surface area contributed by atoms with Crippen molar-refractivity contribution in [1.29, 1.82) is 0 Å². The van der Waals surface area contributed by atoms with E-state index in [4.69, 9.17) is 11.6 Å². The predicted octanol–water partition coefficient (Wildman–Crippen LogP) is 4.33. The molecule has 2 aromatic carbocycles. The zero-order valence-electron chi connectivity index (χ0n) is 11.1. The third kappa shape index (κ3) is 4.03. The van der Waals surface area contributed by atoms with E-state index < -0.39 is 11.8 Å². The molecule has 0 fully saturated rings. The predicted molar refractivity (Wildman–Crippen MR) is 80.5 cm³/mol. The number of ketones is 1. The Morgan fingerprint density at radius 3 is 2.57 bits per heavy atom. The molecule has 0 saturated heterocycles. The number of carbonyl (C=O) groups is 2. The lowest BCUT2D eigenvalue weighted by Crippen LogP contribution is -2.20. The molecule has 0 heterocycles. The van der Waals surface area contributed by atoms with Gasteiger partial charge in [-0.15, -0.1) is 0 Å². The van der Waals surface area contributed by atoms with E-state index in [9.17, 15) is 14.0 Å². The number of anilines is 2. The summed E-state index contributed by atoms with van der Waals surface area (Å²) in [5.74, 6) is -0.702. The Morgan fingerprint density at radius 1 is 1.10 bits per heavy atom. The first kappa shape index (κ1) is 15.0. The van der Waals surface area contributed by atoms with Gasteiger partial charge in [0.05, 0.1) is 5.69 Å². The first-order valence-electron chi connectivity index (χ1n) is 6.10. The van der Waals surface area contributed by atoms with Crippen LogP contribution >= 0.6 is 11.6 Å². The molecule has 0 saturated carbocycles. The van der Waals surface area contributed by atoms with Crippen LogP contribution in [0.25, 0.3) is 0 Å². The van der Waals surface area contributed by atoms with Gasteiger partial charge in [0, 0.05) is 16.3 Å². The van der Waals surface area contributed by atoms with Crippen LogP contribution in [0, 0.1) is 5.82 Å². The van der Waals surface area contributed by atoms with Crippen molar-refractivity contribution in [2.45, 2.75) is 6.92 Å². The van der Waals surface area contributed by atoms with E-state index in [1.54, 1.807) is 18.2 Å². The molecule has 4 nitrogen and oxygen atoms in total. The van der Waals surface area contributed by atoms with Crippen LogP contribution < -0.4 is 10.6 Å². The van der Waals surface area contributed by atoms with Crippen LogP contribution in [-0.4, -0.2) is 11.8 Å². The molecule has 0 spiro atoms. The molecule has 0 aliphatic rings. The summed E-state index contributed by atoms with van der Waals surface area (Å²) in [4.78, 5) is 23.1. The Hall–Kier alpha value is -2.40. The lowest BCUT2D eigenvalue weighted by Gasteiger charge is -2.09. The van der Waals surface area contributed by atoms with Gasteiger partial charge in [-0.3, -0.25) is 4.79 Å². The molecule has 2 amide bonds. The fourth-order valence-corrected chi connectivity index (χ4v) is 1.87. The van der Waals surface area contributed by atoms with E-state index in [1.165, 1.54) is 25.1 Å². The van der Waals surface area contributed by atoms with Gasteiger partial charge in [-0.2, -0.15) is 0 Å². The molecule has 0 aliphatic carbocycles. The summed E-state index contributed by atoms with van der Waals surface area (Å²) in [5.41, 5.74) is 0.882. The lowest BCUT2D eigenvalue weighted by molar-refractivity contribution is 0.101. The van der Waals surface area contributed by atoms with E-state index >= 15 is 0 Å². The van der Waals surface area contributed by atoms with Crippen molar-refractivity contribution >= 4 is 34.8 Å². The quantitative estimate of drug-likeness (QED) is 0.829. The molecule has 0 atom stereocenters. The van der Waals surface area contributed by atoms with Gasteiger partial charge in [0.1, 0.15) is 5.82 Å². The van der Waals surface area contributed by atoms with Gasteiger partial charge in [0.25, 0.3) is 0 Å². The maximum Gasteiger partial charge on any atom is 0.323 e. The SMILES string of the molecule is CC(=O)c1cccc(NC(=O)Nc2cc(Cl)ccc2F)c1. The molecule has 2 N–H and O–H groups in total. The standard InChI is InChI=1S/C15H12ClFN2O2/c1-9(20)10-3-2-4-12(7-10)18-15(21)19-14-8-11(16)5-6-13(14)17/h2-8H,1H3,(H2,18,19,21). The van der Waals surface area contributed by atoms with Crippen molar-refractivity contribution < 1.29 is 14.0 Å². The minimum atomic E-state index is -0.628. The topological polar surface area (TPSA) is 58.2 Å². The first-order chi connectivity index (χ1) is 9.95. The van der Waals surface area contributed by atoms with Gasteiger partial charge in [-0.25, -0.2) is 9.18 Å². The number of nitrogens with one attached hydrogen (secondary N) is 2. The van der Waals surface area contributed by atoms with Gasteiger partial charge in [0.2, 0.25) is 0 Å². The van der Waals surface area contributed by atoms with Gasteiger partial charge in [-0.1, -0.05) is 23.7 Å². The minimum absolute atomic E-state index is 0.0253. The number of benzene rings is 2. The average molecular weight is 307 g/mol. The van der Waals surface area contributed by atoms with E-state index in [0.717, 1.165) is 6.07 Å². The zero-order chi connectivity index (χ0) is 15.4. The summed E-state index contributed by atoms with van der Waals surface area (Å²) >= 11 is 5.74. The summed E-state index contributed by atoms with van der Waals surface area (Å²) in [5, 5.41) is 5.18. The Balaban J connectivity index is 2.10. The van der Waals surface area contributed by atoms with Gasteiger partial charge in [-0.05, 0) is 37.3 Å². The fraction of sp³-hybridized carbons (Fsp3) is 0.0667. The van der Waals surface area contributed by atoms with Crippen LogP contribution in [0.1, 0.15) is 17.3 Å². The Morgan fingerprint density at radius 2 is 1.86 bits per heavy atom. The molecular formula is C15H12ClFN2O2.